The summed E-state index contributed by atoms with van der Waals surface area (Å²) in [5.41, 5.74) is 6.15. The van der Waals surface area contributed by atoms with Gasteiger partial charge < -0.3 is 5.73 Å². The molecule has 0 aromatic heterocycles. The van der Waals surface area contributed by atoms with Gasteiger partial charge in [-0.1, -0.05) is 96.8 Å². The molecule has 0 aliphatic heterocycles. The van der Waals surface area contributed by atoms with Gasteiger partial charge in [-0.25, -0.2) is 0 Å². The highest BCUT2D eigenvalue weighted by atomic mass is 14.6. The summed E-state index contributed by atoms with van der Waals surface area (Å²) < 4.78 is 0. The molecule has 120 valence electrons. The molecule has 1 aliphatic carbocycles. The second-order valence-corrected chi connectivity index (χ2v) is 7.12. The molecular weight excluding hydrogens is 242 g/mol. The van der Waals surface area contributed by atoms with Crippen molar-refractivity contribution in [3.63, 3.8) is 0 Å². The third-order valence-electron chi connectivity index (χ3n) is 5.04. The van der Waals surface area contributed by atoms with Crippen LogP contribution in [0.25, 0.3) is 0 Å². The van der Waals surface area contributed by atoms with Gasteiger partial charge in [0.25, 0.3) is 0 Å². The highest BCUT2D eigenvalue weighted by Gasteiger charge is 2.16. The van der Waals surface area contributed by atoms with Gasteiger partial charge in [0.05, 0.1) is 0 Å². The summed E-state index contributed by atoms with van der Waals surface area (Å²) in [4.78, 5) is 0. The number of hydrogen-bond donors (Lipinski definition) is 1. The fourth-order valence-electron chi connectivity index (χ4n) is 3.69. The smallest absolute Gasteiger partial charge is 0.00414 e. The summed E-state index contributed by atoms with van der Waals surface area (Å²) in [5.74, 6) is 0.946. The van der Waals surface area contributed by atoms with Crippen LogP contribution in [0.2, 0.25) is 0 Å². The van der Waals surface area contributed by atoms with E-state index in [9.17, 15) is 0 Å². The Morgan fingerprint density at radius 3 is 1.95 bits per heavy atom. The Morgan fingerprint density at radius 2 is 1.30 bits per heavy atom. The van der Waals surface area contributed by atoms with Gasteiger partial charge in [-0.05, 0) is 18.8 Å². The van der Waals surface area contributed by atoms with E-state index in [-0.39, 0.29) is 0 Å². The number of nitrogens with two attached hydrogens (primary N) is 1. The summed E-state index contributed by atoms with van der Waals surface area (Å²) in [7, 11) is 0. The molecular formula is C19H39N. The average Bonchev–Trinajstić information content (AvgIpc) is 2.65. The summed E-state index contributed by atoms with van der Waals surface area (Å²) >= 11 is 0. The fraction of sp³-hybridized carbons (Fsp3) is 1.00. The number of rotatable bonds is 11. The van der Waals surface area contributed by atoms with Crippen LogP contribution in [0.15, 0.2) is 0 Å². The van der Waals surface area contributed by atoms with Crippen molar-refractivity contribution in [1.82, 2.24) is 0 Å². The lowest BCUT2D eigenvalue weighted by atomic mass is 9.92. The van der Waals surface area contributed by atoms with Crippen molar-refractivity contribution in [2.24, 2.45) is 11.7 Å². The molecule has 2 N–H and O–H groups in total. The summed E-state index contributed by atoms with van der Waals surface area (Å²) in [6.07, 6.45) is 22.8. The molecule has 1 heteroatoms. The predicted octanol–water partition coefficient (Wildman–Crippen LogP) is 6.21. The topological polar surface area (TPSA) is 26.0 Å². The molecule has 1 nitrogen and oxygen atoms in total. The van der Waals surface area contributed by atoms with Crippen molar-refractivity contribution in [2.75, 3.05) is 0 Å². The molecule has 1 rings (SSSR count). The van der Waals surface area contributed by atoms with Crippen LogP contribution >= 0.6 is 0 Å². The summed E-state index contributed by atoms with van der Waals surface area (Å²) in [6.45, 7) is 2.29. The molecule has 2 atom stereocenters. The third kappa shape index (κ3) is 9.80. The van der Waals surface area contributed by atoms with Crippen LogP contribution in [0.3, 0.4) is 0 Å². The fourth-order valence-corrected chi connectivity index (χ4v) is 3.69. The minimum Gasteiger partial charge on any atom is -0.328 e. The lowest BCUT2D eigenvalue weighted by Crippen LogP contribution is -2.21. The zero-order chi connectivity index (χ0) is 14.5. The van der Waals surface area contributed by atoms with Crippen LogP contribution in [-0.2, 0) is 0 Å². The third-order valence-corrected chi connectivity index (χ3v) is 5.04. The molecule has 2 unspecified atom stereocenters. The Hall–Kier alpha value is -0.0400. The molecule has 1 aliphatic rings. The van der Waals surface area contributed by atoms with Crippen LogP contribution in [0.4, 0.5) is 0 Å². The zero-order valence-corrected chi connectivity index (χ0v) is 14.0. The van der Waals surface area contributed by atoms with E-state index in [1.54, 1.807) is 0 Å². The SMILES string of the molecule is CCCCCCCCCCCCC1CCCCC(N)C1. The van der Waals surface area contributed by atoms with Gasteiger partial charge in [0, 0.05) is 6.04 Å². The van der Waals surface area contributed by atoms with Gasteiger partial charge in [0.1, 0.15) is 0 Å². The normalized spacial score (nSPS) is 23.7. The Balaban J connectivity index is 1.84. The van der Waals surface area contributed by atoms with Crippen molar-refractivity contribution in [3.05, 3.63) is 0 Å². The molecule has 0 aromatic carbocycles. The van der Waals surface area contributed by atoms with Crippen molar-refractivity contribution in [1.29, 1.82) is 0 Å². The Morgan fingerprint density at radius 1 is 0.750 bits per heavy atom. The van der Waals surface area contributed by atoms with E-state index in [4.69, 9.17) is 5.73 Å². The van der Waals surface area contributed by atoms with Crippen LogP contribution in [0.5, 0.6) is 0 Å². The van der Waals surface area contributed by atoms with Crippen LogP contribution in [-0.4, -0.2) is 6.04 Å². The molecule has 0 saturated heterocycles. The molecule has 0 aromatic rings. The zero-order valence-electron chi connectivity index (χ0n) is 14.0. The maximum Gasteiger partial charge on any atom is 0.00414 e. The number of unbranched alkanes of at least 4 members (excludes halogenated alkanes) is 9. The number of hydrogen-bond acceptors (Lipinski definition) is 1. The first kappa shape index (κ1) is 18.0. The Bertz CT molecular complexity index is 202. The summed E-state index contributed by atoms with van der Waals surface area (Å²) in [5, 5.41) is 0. The first-order valence-corrected chi connectivity index (χ1v) is 9.58. The maximum atomic E-state index is 6.15. The highest BCUT2D eigenvalue weighted by Crippen LogP contribution is 2.26. The molecule has 20 heavy (non-hydrogen) atoms. The maximum absolute atomic E-state index is 6.15. The average molecular weight is 282 g/mol. The van der Waals surface area contributed by atoms with Gasteiger partial charge in [-0.2, -0.15) is 0 Å². The molecule has 0 radical (unpaired) electrons. The van der Waals surface area contributed by atoms with E-state index in [2.05, 4.69) is 6.92 Å². The summed E-state index contributed by atoms with van der Waals surface area (Å²) in [6, 6.07) is 0.505. The first-order chi connectivity index (χ1) is 9.83. The monoisotopic (exact) mass is 281 g/mol. The van der Waals surface area contributed by atoms with Crippen LogP contribution in [0, 0.1) is 5.92 Å². The minimum atomic E-state index is 0.505. The second kappa shape index (κ2) is 12.7. The first-order valence-electron chi connectivity index (χ1n) is 9.58. The van der Waals surface area contributed by atoms with Gasteiger partial charge in [-0.15, -0.1) is 0 Å². The highest BCUT2D eigenvalue weighted by molar-refractivity contribution is 4.73. The quantitative estimate of drug-likeness (QED) is 0.354. The van der Waals surface area contributed by atoms with E-state index in [0.29, 0.717) is 6.04 Å². The molecule has 0 bridgehead atoms. The van der Waals surface area contributed by atoms with E-state index in [1.807, 2.05) is 0 Å². The lowest BCUT2D eigenvalue weighted by molar-refractivity contribution is 0.386. The lowest BCUT2D eigenvalue weighted by Gasteiger charge is -2.16. The van der Waals surface area contributed by atoms with E-state index in [1.165, 1.54) is 103 Å². The standard InChI is InChI=1S/C19H39N/c1-2-3-4-5-6-7-8-9-10-11-14-18-15-12-13-16-19(20)17-18/h18-19H,2-17,20H2,1H3. The van der Waals surface area contributed by atoms with E-state index >= 15 is 0 Å². The van der Waals surface area contributed by atoms with Gasteiger partial charge >= 0.3 is 0 Å². The van der Waals surface area contributed by atoms with Crippen molar-refractivity contribution in [3.8, 4) is 0 Å². The van der Waals surface area contributed by atoms with Crippen molar-refractivity contribution >= 4 is 0 Å². The molecule has 1 saturated carbocycles. The van der Waals surface area contributed by atoms with Crippen LogP contribution < -0.4 is 5.73 Å². The van der Waals surface area contributed by atoms with Gasteiger partial charge in [0.2, 0.25) is 0 Å². The molecule has 0 amide bonds. The Kier molecular flexibility index (Phi) is 11.4. The van der Waals surface area contributed by atoms with Crippen LogP contribution in [0.1, 0.15) is 110 Å². The predicted molar refractivity (Wildman–Crippen MR) is 91.0 cm³/mol. The molecule has 1 fully saturated rings. The molecule has 0 heterocycles. The van der Waals surface area contributed by atoms with E-state index < -0.39 is 0 Å². The van der Waals surface area contributed by atoms with E-state index in [0.717, 1.165) is 5.92 Å². The van der Waals surface area contributed by atoms with Crippen molar-refractivity contribution < 1.29 is 0 Å². The van der Waals surface area contributed by atoms with Crippen molar-refractivity contribution in [2.45, 2.75) is 116 Å². The largest absolute Gasteiger partial charge is 0.328 e. The van der Waals surface area contributed by atoms with Gasteiger partial charge in [-0.3, -0.25) is 0 Å². The second-order valence-electron chi connectivity index (χ2n) is 7.12. The minimum absolute atomic E-state index is 0.505. The molecule has 0 spiro atoms. The van der Waals surface area contributed by atoms with Gasteiger partial charge in [0.15, 0.2) is 0 Å². The Labute approximate surface area is 128 Å².